The second-order valence-electron chi connectivity index (χ2n) is 17.9. The van der Waals surface area contributed by atoms with Crippen molar-refractivity contribution in [2.45, 2.75) is 5.41 Å². The molecule has 0 saturated carbocycles. The van der Waals surface area contributed by atoms with Crippen LogP contribution in [0.2, 0.25) is 0 Å². The summed E-state index contributed by atoms with van der Waals surface area (Å²) in [7, 11) is 0. The molecule has 1 aromatic heterocycles. The smallest absolute Gasteiger partial charge is 0.136 e. The average molecular weight is 852 g/mol. The number of anilines is 3. The second kappa shape index (κ2) is 14.7. The summed E-state index contributed by atoms with van der Waals surface area (Å²) in [4.78, 5) is 2.40. The predicted octanol–water partition coefficient (Wildman–Crippen LogP) is 17.6. The number of benzene rings is 11. The number of nitrogens with zero attached hydrogens (tertiary/aromatic N) is 1. The van der Waals surface area contributed by atoms with Crippen LogP contribution < -0.4 is 4.90 Å². The van der Waals surface area contributed by atoms with Crippen LogP contribution >= 0.6 is 0 Å². The number of para-hydroxylation sites is 2. The van der Waals surface area contributed by atoms with Gasteiger partial charge in [-0.05, 0) is 132 Å². The third-order valence-corrected chi connectivity index (χ3v) is 14.5. The van der Waals surface area contributed by atoms with Crippen LogP contribution in [0.1, 0.15) is 22.3 Å². The summed E-state index contributed by atoms with van der Waals surface area (Å²) in [6.45, 7) is 0. The number of rotatable bonds is 6. The Morgan fingerprint density at radius 2 is 0.776 bits per heavy atom. The topological polar surface area (TPSA) is 16.4 Å². The quantitative estimate of drug-likeness (QED) is 0.166. The Kier molecular flexibility index (Phi) is 8.23. The predicted molar refractivity (Wildman–Crippen MR) is 279 cm³/mol. The Bertz CT molecular complexity index is 3880. The van der Waals surface area contributed by atoms with E-state index in [-0.39, 0.29) is 5.41 Å². The molecule has 0 fully saturated rings. The van der Waals surface area contributed by atoms with Gasteiger partial charge in [0.05, 0.1) is 11.1 Å². The average Bonchev–Trinajstić information content (AvgIpc) is 4.03. The van der Waals surface area contributed by atoms with Gasteiger partial charge < -0.3 is 9.32 Å². The lowest BCUT2D eigenvalue weighted by atomic mass is 9.70. The molecule has 0 aliphatic heterocycles. The van der Waals surface area contributed by atoms with Gasteiger partial charge in [-0.15, -0.1) is 0 Å². The number of hydrogen-bond donors (Lipinski definition) is 0. The van der Waals surface area contributed by atoms with Crippen molar-refractivity contribution in [2.75, 3.05) is 4.90 Å². The molecule has 1 spiro atoms. The van der Waals surface area contributed by atoms with Crippen molar-refractivity contribution in [2.24, 2.45) is 0 Å². The lowest BCUT2D eigenvalue weighted by Crippen LogP contribution is -2.25. The molecule has 2 heteroatoms. The third-order valence-electron chi connectivity index (χ3n) is 14.5. The highest BCUT2D eigenvalue weighted by Crippen LogP contribution is 2.64. The lowest BCUT2D eigenvalue weighted by molar-refractivity contribution is 0.669. The molecule has 2 aliphatic carbocycles. The van der Waals surface area contributed by atoms with Crippen LogP contribution in [0, 0.1) is 0 Å². The minimum Gasteiger partial charge on any atom is -0.456 e. The van der Waals surface area contributed by atoms with Crippen molar-refractivity contribution in [3.63, 3.8) is 0 Å². The Labute approximate surface area is 389 Å². The van der Waals surface area contributed by atoms with Crippen molar-refractivity contribution in [3.05, 3.63) is 271 Å². The van der Waals surface area contributed by atoms with Gasteiger partial charge in [-0.2, -0.15) is 0 Å². The van der Waals surface area contributed by atoms with Crippen molar-refractivity contribution in [1.29, 1.82) is 0 Å². The first-order valence-corrected chi connectivity index (χ1v) is 23.2. The van der Waals surface area contributed by atoms with E-state index in [0.717, 1.165) is 50.1 Å². The fraction of sp³-hybridized carbons (Fsp3) is 0.0154. The standard InChI is InChI=1S/C65H41NO/c1-2-17-48-42(15-1)16-13-23-49(48)43-31-36-46(37-32-43)66(61-29-11-6-18-50(61)45-35-40-55-54-21-7-12-30-62(54)67-63(55)41-45)47-38-33-44(34-39-47)51-24-14-28-60-64(51)56-22-5-10-27-59(56)65(60)57-25-8-3-19-52(57)53-20-4-9-26-58(53)65/h1-41H. The van der Waals surface area contributed by atoms with Gasteiger partial charge >= 0.3 is 0 Å². The van der Waals surface area contributed by atoms with Crippen molar-refractivity contribution < 1.29 is 4.42 Å². The summed E-state index contributed by atoms with van der Waals surface area (Å²) in [5, 5.41) is 4.74. The van der Waals surface area contributed by atoms with Gasteiger partial charge in [-0.3, -0.25) is 0 Å². The van der Waals surface area contributed by atoms with E-state index in [4.69, 9.17) is 4.42 Å². The minimum atomic E-state index is -0.390. The summed E-state index contributed by atoms with van der Waals surface area (Å²) < 4.78 is 6.43. The molecule has 1 heterocycles. The number of hydrogen-bond acceptors (Lipinski definition) is 2. The molecule has 0 radical (unpaired) electrons. The first-order valence-electron chi connectivity index (χ1n) is 23.2. The van der Waals surface area contributed by atoms with E-state index in [1.807, 2.05) is 12.1 Å². The van der Waals surface area contributed by atoms with Crippen LogP contribution in [-0.2, 0) is 5.41 Å². The molecular formula is C65H41NO. The van der Waals surface area contributed by atoms with E-state index in [9.17, 15) is 0 Å². The van der Waals surface area contributed by atoms with Crippen LogP contribution in [0.3, 0.4) is 0 Å². The minimum absolute atomic E-state index is 0.390. The molecule has 2 aliphatic rings. The van der Waals surface area contributed by atoms with Crippen LogP contribution in [-0.4, -0.2) is 0 Å². The molecular weight excluding hydrogens is 811 g/mol. The monoisotopic (exact) mass is 851 g/mol. The van der Waals surface area contributed by atoms with E-state index >= 15 is 0 Å². The second-order valence-corrected chi connectivity index (χ2v) is 17.9. The largest absolute Gasteiger partial charge is 0.456 e. The Morgan fingerprint density at radius 1 is 0.299 bits per heavy atom. The molecule has 0 unspecified atom stereocenters. The summed E-state index contributed by atoms with van der Waals surface area (Å²) in [6, 6.07) is 91.2. The highest BCUT2D eigenvalue weighted by Gasteiger charge is 2.52. The van der Waals surface area contributed by atoms with Gasteiger partial charge in [0.2, 0.25) is 0 Å². The maximum Gasteiger partial charge on any atom is 0.136 e. The molecule has 0 N–H and O–H groups in total. The highest BCUT2D eigenvalue weighted by atomic mass is 16.3. The van der Waals surface area contributed by atoms with Crippen LogP contribution in [0.15, 0.2) is 253 Å². The van der Waals surface area contributed by atoms with Crippen molar-refractivity contribution in [1.82, 2.24) is 0 Å². The zero-order chi connectivity index (χ0) is 44.1. The third kappa shape index (κ3) is 5.51. The van der Waals surface area contributed by atoms with Crippen LogP contribution in [0.4, 0.5) is 17.1 Å². The SMILES string of the molecule is c1ccc(N(c2ccc(-c3cccc4c3-c3ccccc3C43c4ccccc4-c4ccccc43)cc2)c2ccc(-c3cccc4ccccc34)cc2)c(-c2ccc3c(c2)oc2ccccc23)c1. The molecule has 0 amide bonds. The van der Waals surface area contributed by atoms with E-state index in [2.05, 4.69) is 241 Å². The fourth-order valence-corrected chi connectivity index (χ4v) is 11.7. The summed E-state index contributed by atoms with van der Waals surface area (Å²) >= 11 is 0. The molecule has 0 saturated heterocycles. The normalized spacial score (nSPS) is 12.9. The van der Waals surface area contributed by atoms with Gasteiger partial charge in [0.15, 0.2) is 0 Å². The molecule has 14 rings (SSSR count). The maximum atomic E-state index is 6.43. The maximum absolute atomic E-state index is 6.43. The zero-order valence-corrected chi connectivity index (χ0v) is 36.5. The van der Waals surface area contributed by atoms with Crippen molar-refractivity contribution >= 4 is 49.8 Å². The van der Waals surface area contributed by atoms with E-state index < -0.39 is 0 Å². The van der Waals surface area contributed by atoms with Gasteiger partial charge in [0, 0.05) is 27.7 Å². The Hall–Kier alpha value is -8.72. The van der Waals surface area contributed by atoms with Crippen molar-refractivity contribution in [3.8, 4) is 55.6 Å². The van der Waals surface area contributed by atoms with Gasteiger partial charge in [0.25, 0.3) is 0 Å². The van der Waals surface area contributed by atoms with Gasteiger partial charge in [-0.25, -0.2) is 0 Å². The Balaban J connectivity index is 0.924. The first kappa shape index (κ1) is 37.6. The molecule has 2 nitrogen and oxygen atoms in total. The molecule has 11 aromatic carbocycles. The van der Waals surface area contributed by atoms with E-state index in [1.54, 1.807) is 0 Å². The number of fused-ring (bicyclic) bond motifs is 14. The summed E-state index contributed by atoms with van der Waals surface area (Å²) in [6.07, 6.45) is 0. The first-order chi connectivity index (χ1) is 33.2. The highest BCUT2D eigenvalue weighted by molar-refractivity contribution is 6.07. The van der Waals surface area contributed by atoms with Gasteiger partial charge in [-0.1, -0.05) is 200 Å². The summed E-state index contributed by atoms with van der Waals surface area (Å²) in [5.41, 5.74) is 22.3. The molecule has 0 bridgehead atoms. The molecule has 312 valence electrons. The molecule has 12 aromatic rings. The zero-order valence-electron chi connectivity index (χ0n) is 36.5. The molecule has 0 atom stereocenters. The van der Waals surface area contributed by atoms with Crippen LogP contribution in [0.5, 0.6) is 0 Å². The lowest BCUT2D eigenvalue weighted by Gasteiger charge is -2.30. The van der Waals surface area contributed by atoms with Gasteiger partial charge in [0.1, 0.15) is 11.2 Å². The van der Waals surface area contributed by atoms with E-state index in [1.165, 1.54) is 77.5 Å². The van der Waals surface area contributed by atoms with E-state index in [0.29, 0.717) is 0 Å². The number of furan rings is 1. The molecule has 67 heavy (non-hydrogen) atoms. The Morgan fingerprint density at radius 3 is 1.51 bits per heavy atom. The summed E-state index contributed by atoms with van der Waals surface area (Å²) in [5.74, 6) is 0. The van der Waals surface area contributed by atoms with Crippen LogP contribution in [0.25, 0.3) is 88.3 Å². The fourth-order valence-electron chi connectivity index (χ4n) is 11.7.